The number of esters is 2. The van der Waals surface area contributed by atoms with Crippen LogP contribution in [-0.2, 0) is 19.1 Å². The molecule has 0 aliphatic rings. The molecule has 0 saturated carbocycles. The Hall–Kier alpha value is -1.10. The standard InChI is InChI=1S/C36H70O5/c1-4-6-7-8-9-10-11-12-13-17-20-23-26-29-35(38)40-31-34(37)32-41-36(39)30-27-24-21-18-15-14-16-19-22-25-28-33(3)5-2/h33-34,37H,4-32H2,1-3H3/t33?,34-/m1/s1. The van der Waals surface area contributed by atoms with Gasteiger partial charge in [-0.25, -0.2) is 0 Å². The van der Waals surface area contributed by atoms with Gasteiger partial charge < -0.3 is 14.6 Å². The number of aliphatic hydroxyl groups is 1. The highest BCUT2D eigenvalue weighted by Gasteiger charge is 2.12. The number of ether oxygens (including phenoxy) is 2. The SMILES string of the molecule is CCCCCCCCCCCCCCCC(=O)OC[C@@H](O)COC(=O)CCCCCCCCCCCCC(C)CC. The third kappa shape index (κ3) is 31.7. The van der Waals surface area contributed by atoms with Crippen LogP contribution in [0.25, 0.3) is 0 Å². The van der Waals surface area contributed by atoms with E-state index >= 15 is 0 Å². The van der Waals surface area contributed by atoms with Gasteiger partial charge in [0.05, 0.1) is 0 Å². The number of carbonyl (C=O) groups excluding carboxylic acids is 2. The summed E-state index contributed by atoms with van der Waals surface area (Å²) in [6.07, 6.45) is 31.4. The predicted octanol–water partition coefficient (Wildman–Crippen LogP) is 10.6. The van der Waals surface area contributed by atoms with E-state index in [0.29, 0.717) is 12.8 Å². The van der Waals surface area contributed by atoms with Gasteiger partial charge in [0.15, 0.2) is 0 Å². The van der Waals surface area contributed by atoms with E-state index < -0.39 is 6.10 Å². The van der Waals surface area contributed by atoms with Crippen molar-refractivity contribution in [1.29, 1.82) is 0 Å². The van der Waals surface area contributed by atoms with Gasteiger partial charge in [-0.2, -0.15) is 0 Å². The van der Waals surface area contributed by atoms with Crippen LogP contribution < -0.4 is 0 Å². The summed E-state index contributed by atoms with van der Waals surface area (Å²) in [6.45, 7) is 6.67. The lowest BCUT2D eigenvalue weighted by atomic mass is 9.99. The molecule has 0 aromatic heterocycles. The molecule has 0 aromatic rings. The quantitative estimate of drug-likeness (QED) is 0.0631. The molecule has 0 spiro atoms. The average Bonchev–Trinajstić information content (AvgIpc) is 2.97. The molecular formula is C36H70O5. The van der Waals surface area contributed by atoms with Gasteiger partial charge in [0.1, 0.15) is 19.3 Å². The molecule has 0 aliphatic heterocycles. The molecular weight excluding hydrogens is 512 g/mol. The molecule has 5 heteroatoms. The fraction of sp³-hybridized carbons (Fsp3) is 0.944. The van der Waals surface area contributed by atoms with Crippen LogP contribution in [0.1, 0.15) is 194 Å². The maximum atomic E-state index is 11.9. The fourth-order valence-electron chi connectivity index (χ4n) is 5.24. The first-order chi connectivity index (χ1) is 20.0. The average molecular weight is 583 g/mol. The molecule has 0 aromatic carbocycles. The van der Waals surface area contributed by atoms with Crippen molar-refractivity contribution in [3.05, 3.63) is 0 Å². The number of hydrogen-bond donors (Lipinski definition) is 1. The molecule has 1 N–H and O–H groups in total. The lowest BCUT2D eigenvalue weighted by Gasteiger charge is -2.12. The summed E-state index contributed by atoms with van der Waals surface area (Å²) in [5.41, 5.74) is 0. The van der Waals surface area contributed by atoms with Crippen molar-refractivity contribution in [3.63, 3.8) is 0 Å². The Morgan fingerprint density at radius 2 is 0.829 bits per heavy atom. The van der Waals surface area contributed by atoms with Crippen molar-refractivity contribution in [2.45, 2.75) is 200 Å². The molecule has 0 fully saturated rings. The molecule has 244 valence electrons. The molecule has 0 heterocycles. The summed E-state index contributed by atoms with van der Waals surface area (Å²) in [5, 5.41) is 9.97. The van der Waals surface area contributed by atoms with Crippen molar-refractivity contribution in [2.24, 2.45) is 5.92 Å². The zero-order chi connectivity index (χ0) is 30.2. The maximum Gasteiger partial charge on any atom is 0.305 e. The number of aliphatic hydroxyl groups excluding tert-OH is 1. The van der Waals surface area contributed by atoms with Crippen LogP contribution in [0.5, 0.6) is 0 Å². The summed E-state index contributed by atoms with van der Waals surface area (Å²) >= 11 is 0. The second-order valence-corrected chi connectivity index (χ2v) is 12.6. The van der Waals surface area contributed by atoms with E-state index in [1.54, 1.807) is 0 Å². The van der Waals surface area contributed by atoms with Crippen LogP contribution in [0.2, 0.25) is 0 Å². The molecule has 0 bridgehead atoms. The van der Waals surface area contributed by atoms with Crippen LogP contribution in [0, 0.1) is 5.92 Å². The van der Waals surface area contributed by atoms with E-state index in [1.165, 1.54) is 135 Å². The molecule has 0 aliphatic carbocycles. The number of hydrogen-bond acceptors (Lipinski definition) is 5. The second-order valence-electron chi connectivity index (χ2n) is 12.6. The molecule has 0 radical (unpaired) electrons. The molecule has 1 unspecified atom stereocenters. The van der Waals surface area contributed by atoms with Crippen LogP contribution in [0.4, 0.5) is 0 Å². The zero-order valence-electron chi connectivity index (χ0n) is 27.7. The molecule has 0 rings (SSSR count). The Balaban J connectivity index is 3.41. The third-order valence-electron chi connectivity index (χ3n) is 8.38. The summed E-state index contributed by atoms with van der Waals surface area (Å²) in [4.78, 5) is 23.8. The molecule has 0 amide bonds. The Kier molecular flexibility index (Phi) is 31.0. The van der Waals surface area contributed by atoms with Gasteiger partial charge in [-0.15, -0.1) is 0 Å². The fourth-order valence-corrected chi connectivity index (χ4v) is 5.24. The zero-order valence-corrected chi connectivity index (χ0v) is 27.7. The van der Waals surface area contributed by atoms with Gasteiger partial charge in [0, 0.05) is 12.8 Å². The third-order valence-corrected chi connectivity index (χ3v) is 8.38. The first-order valence-corrected chi connectivity index (χ1v) is 18.0. The first-order valence-electron chi connectivity index (χ1n) is 18.0. The predicted molar refractivity (Wildman–Crippen MR) is 173 cm³/mol. The Bertz CT molecular complexity index is 564. The normalized spacial score (nSPS) is 12.8. The molecule has 0 saturated heterocycles. The minimum atomic E-state index is -0.954. The van der Waals surface area contributed by atoms with Gasteiger partial charge in [-0.1, -0.05) is 168 Å². The topological polar surface area (TPSA) is 72.8 Å². The Morgan fingerprint density at radius 3 is 1.17 bits per heavy atom. The maximum absolute atomic E-state index is 11.9. The Labute approximate surface area is 255 Å². The largest absolute Gasteiger partial charge is 0.463 e. The van der Waals surface area contributed by atoms with E-state index in [0.717, 1.165) is 31.6 Å². The van der Waals surface area contributed by atoms with E-state index in [9.17, 15) is 14.7 Å². The van der Waals surface area contributed by atoms with Gasteiger partial charge in [0.25, 0.3) is 0 Å². The number of rotatable bonds is 32. The smallest absolute Gasteiger partial charge is 0.305 e. The molecule has 41 heavy (non-hydrogen) atoms. The van der Waals surface area contributed by atoms with E-state index in [-0.39, 0.29) is 25.2 Å². The number of unbranched alkanes of at least 4 members (excludes halogenated alkanes) is 21. The van der Waals surface area contributed by atoms with Gasteiger partial charge in [0.2, 0.25) is 0 Å². The van der Waals surface area contributed by atoms with Crippen LogP contribution in [0.15, 0.2) is 0 Å². The van der Waals surface area contributed by atoms with Gasteiger partial charge in [-0.3, -0.25) is 9.59 Å². The monoisotopic (exact) mass is 583 g/mol. The highest BCUT2D eigenvalue weighted by molar-refractivity contribution is 5.69. The van der Waals surface area contributed by atoms with Crippen LogP contribution in [0.3, 0.4) is 0 Å². The minimum absolute atomic E-state index is 0.109. The summed E-state index contributed by atoms with van der Waals surface area (Å²) in [6, 6.07) is 0. The summed E-state index contributed by atoms with van der Waals surface area (Å²) < 4.78 is 10.3. The van der Waals surface area contributed by atoms with Crippen molar-refractivity contribution >= 4 is 11.9 Å². The van der Waals surface area contributed by atoms with E-state index in [4.69, 9.17) is 9.47 Å². The number of carbonyl (C=O) groups is 2. The second kappa shape index (κ2) is 31.8. The lowest BCUT2D eigenvalue weighted by molar-refractivity contribution is -0.152. The van der Waals surface area contributed by atoms with E-state index in [2.05, 4.69) is 20.8 Å². The summed E-state index contributed by atoms with van der Waals surface area (Å²) in [5.74, 6) is 0.324. The van der Waals surface area contributed by atoms with Gasteiger partial charge >= 0.3 is 11.9 Å². The van der Waals surface area contributed by atoms with Crippen molar-refractivity contribution < 1.29 is 24.2 Å². The Morgan fingerprint density at radius 1 is 0.512 bits per heavy atom. The molecule has 5 nitrogen and oxygen atoms in total. The minimum Gasteiger partial charge on any atom is -0.463 e. The molecule has 2 atom stereocenters. The van der Waals surface area contributed by atoms with Crippen molar-refractivity contribution in [3.8, 4) is 0 Å². The van der Waals surface area contributed by atoms with Crippen LogP contribution >= 0.6 is 0 Å². The first kappa shape index (κ1) is 39.9. The highest BCUT2D eigenvalue weighted by Crippen LogP contribution is 2.16. The lowest BCUT2D eigenvalue weighted by Crippen LogP contribution is -2.25. The van der Waals surface area contributed by atoms with Crippen molar-refractivity contribution in [1.82, 2.24) is 0 Å². The van der Waals surface area contributed by atoms with Crippen LogP contribution in [-0.4, -0.2) is 36.4 Å². The highest BCUT2D eigenvalue weighted by atomic mass is 16.6. The van der Waals surface area contributed by atoms with Crippen molar-refractivity contribution in [2.75, 3.05) is 13.2 Å². The van der Waals surface area contributed by atoms with E-state index in [1.807, 2.05) is 0 Å². The van der Waals surface area contributed by atoms with Gasteiger partial charge in [-0.05, 0) is 18.8 Å². The summed E-state index contributed by atoms with van der Waals surface area (Å²) in [7, 11) is 0.